The second-order valence-corrected chi connectivity index (χ2v) is 8.41. The first-order chi connectivity index (χ1) is 14.4. The lowest BCUT2D eigenvalue weighted by Crippen LogP contribution is -2.43. The Labute approximate surface area is 175 Å². The fourth-order valence-corrected chi connectivity index (χ4v) is 4.03. The van der Waals surface area contributed by atoms with Gasteiger partial charge in [-0.3, -0.25) is 9.59 Å². The van der Waals surface area contributed by atoms with Crippen LogP contribution in [0, 0.1) is 0 Å². The first kappa shape index (κ1) is 21.1. The number of hydrogen-bond donors (Lipinski definition) is 3. The van der Waals surface area contributed by atoms with E-state index in [-0.39, 0.29) is 22.6 Å². The molecule has 1 fully saturated rings. The van der Waals surface area contributed by atoms with E-state index in [1.165, 1.54) is 24.3 Å². The largest absolute Gasteiger partial charge is 0.417 e. The summed E-state index contributed by atoms with van der Waals surface area (Å²) in [6.07, 6.45) is -4.18. The van der Waals surface area contributed by atoms with Crippen LogP contribution in [0.1, 0.15) is 37.3 Å². The Morgan fingerprint density at radius 1 is 1.03 bits per heavy atom. The highest BCUT2D eigenvalue weighted by Gasteiger charge is 2.40. The fourth-order valence-electron chi connectivity index (χ4n) is 4.03. The number of rotatable bonds is 3. The first-order valence-corrected chi connectivity index (χ1v) is 9.81. The lowest BCUT2D eigenvalue weighted by molar-refractivity contribution is -0.137. The van der Waals surface area contributed by atoms with Gasteiger partial charge in [-0.05, 0) is 49.4 Å². The molecule has 3 aromatic rings. The van der Waals surface area contributed by atoms with E-state index in [9.17, 15) is 27.9 Å². The summed E-state index contributed by atoms with van der Waals surface area (Å²) < 4.78 is 40.1. The highest BCUT2D eigenvalue weighted by Crippen LogP contribution is 2.37. The van der Waals surface area contributed by atoms with Crippen LogP contribution >= 0.6 is 0 Å². The van der Waals surface area contributed by atoms with Crippen LogP contribution in [0.2, 0.25) is 0 Å². The summed E-state index contributed by atoms with van der Waals surface area (Å²) in [6, 6.07) is 11.1. The van der Waals surface area contributed by atoms with Crippen molar-refractivity contribution >= 4 is 16.7 Å². The van der Waals surface area contributed by atoms with Crippen molar-refractivity contribution in [3.05, 3.63) is 70.0 Å². The van der Waals surface area contributed by atoms with E-state index in [0.717, 1.165) is 6.07 Å². The Kier molecular flexibility index (Phi) is 4.93. The standard InChI is InChI=1S/C23H21F3N2O3/c1-22(2,31)19-11-16(21(30)28-19)12-7-8-13-10-18(27-20(29)15(13)9-12)14-5-3-4-6-17(14)23(24,25)26/h3-10,16,19,31H,11H2,1-2H3,(H,27,29)(H,28,30). The molecule has 162 valence electrons. The van der Waals surface area contributed by atoms with Crippen molar-refractivity contribution in [3.8, 4) is 11.3 Å². The van der Waals surface area contributed by atoms with Crippen LogP contribution in [0.3, 0.4) is 0 Å². The average molecular weight is 430 g/mol. The number of H-pyrrole nitrogens is 1. The van der Waals surface area contributed by atoms with E-state index < -0.39 is 34.9 Å². The smallest absolute Gasteiger partial charge is 0.388 e. The topological polar surface area (TPSA) is 82.2 Å². The number of benzene rings is 2. The Balaban J connectivity index is 1.76. The van der Waals surface area contributed by atoms with Gasteiger partial charge in [0.1, 0.15) is 0 Å². The number of halogens is 3. The normalized spacial score (nSPS) is 19.6. The molecule has 1 aliphatic rings. The molecule has 0 saturated carbocycles. The van der Waals surface area contributed by atoms with Gasteiger partial charge in [0.25, 0.3) is 5.56 Å². The van der Waals surface area contributed by atoms with Gasteiger partial charge in [0.15, 0.2) is 0 Å². The third-order valence-corrected chi connectivity index (χ3v) is 5.75. The molecule has 1 aliphatic heterocycles. The van der Waals surface area contributed by atoms with Gasteiger partial charge >= 0.3 is 6.18 Å². The van der Waals surface area contributed by atoms with Crippen molar-refractivity contribution in [1.29, 1.82) is 0 Å². The first-order valence-electron chi connectivity index (χ1n) is 9.81. The molecule has 2 aromatic carbocycles. The summed E-state index contributed by atoms with van der Waals surface area (Å²) in [5, 5.41) is 13.7. The number of aliphatic hydroxyl groups is 1. The van der Waals surface area contributed by atoms with Crippen LogP contribution in [-0.4, -0.2) is 27.6 Å². The van der Waals surface area contributed by atoms with E-state index in [4.69, 9.17) is 0 Å². The molecule has 8 heteroatoms. The highest BCUT2D eigenvalue weighted by atomic mass is 19.4. The maximum atomic E-state index is 13.4. The molecule has 1 amide bonds. The van der Waals surface area contributed by atoms with E-state index >= 15 is 0 Å². The molecule has 4 rings (SSSR count). The maximum Gasteiger partial charge on any atom is 0.417 e. The lowest BCUT2D eigenvalue weighted by atomic mass is 9.89. The molecule has 5 nitrogen and oxygen atoms in total. The van der Waals surface area contributed by atoms with Crippen molar-refractivity contribution < 1.29 is 23.1 Å². The molecule has 31 heavy (non-hydrogen) atoms. The predicted molar refractivity (Wildman–Crippen MR) is 111 cm³/mol. The molecular formula is C23H21F3N2O3. The summed E-state index contributed by atoms with van der Waals surface area (Å²) in [6.45, 7) is 3.23. The number of aromatic nitrogens is 1. The summed E-state index contributed by atoms with van der Waals surface area (Å²) >= 11 is 0. The van der Waals surface area contributed by atoms with Gasteiger partial charge in [-0.2, -0.15) is 13.2 Å². The molecule has 0 spiro atoms. The molecule has 0 radical (unpaired) electrons. The van der Waals surface area contributed by atoms with Gasteiger partial charge in [-0.15, -0.1) is 0 Å². The Morgan fingerprint density at radius 2 is 1.74 bits per heavy atom. The number of amides is 1. The number of nitrogens with one attached hydrogen (secondary N) is 2. The van der Waals surface area contributed by atoms with Crippen LogP contribution in [-0.2, 0) is 11.0 Å². The number of alkyl halides is 3. The minimum atomic E-state index is -4.56. The zero-order valence-corrected chi connectivity index (χ0v) is 16.9. The molecule has 3 N–H and O–H groups in total. The number of pyridine rings is 1. The minimum absolute atomic E-state index is 0.0684. The van der Waals surface area contributed by atoms with Crippen LogP contribution in [0.25, 0.3) is 22.0 Å². The third kappa shape index (κ3) is 3.95. The second kappa shape index (κ2) is 7.23. The lowest BCUT2D eigenvalue weighted by Gasteiger charge is -2.25. The number of carbonyl (C=O) groups excluding carboxylic acids is 1. The number of fused-ring (bicyclic) bond motifs is 1. The quantitative estimate of drug-likeness (QED) is 0.588. The van der Waals surface area contributed by atoms with Crippen molar-refractivity contribution in [2.24, 2.45) is 0 Å². The van der Waals surface area contributed by atoms with E-state index in [1.54, 1.807) is 32.0 Å². The monoisotopic (exact) mass is 430 g/mol. The molecule has 0 bridgehead atoms. The van der Waals surface area contributed by atoms with Gasteiger partial charge in [-0.25, -0.2) is 0 Å². The fraction of sp³-hybridized carbons (Fsp3) is 0.304. The highest BCUT2D eigenvalue weighted by molar-refractivity contribution is 5.90. The van der Waals surface area contributed by atoms with E-state index in [0.29, 0.717) is 17.4 Å². The van der Waals surface area contributed by atoms with Gasteiger partial charge in [0, 0.05) is 16.6 Å². The second-order valence-electron chi connectivity index (χ2n) is 8.41. The van der Waals surface area contributed by atoms with Crippen molar-refractivity contribution in [2.45, 2.75) is 44.0 Å². The molecule has 1 aromatic heterocycles. The van der Waals surface area contributed by atoms with Gasteiger partial charge < -0.3 is 15.4 Å². The number of hydrogen-bond acceptors (Lipinski definition) is 3. The molecule has 1 saturated heterocycles. The Hall–Kier alpha value is -3.13. The summed E-state index contributed by atoms with van der Waals surface area (Å²) in [5.41, 5.74) is -1.88. The summed E-state index contributed by atoms with van der Waals surface area (Å²) in [5.74, 6) is -0.760. The van der Waals surface area contributed by atoms with Crippen molar-refractivity contribution in [3.63, 3.8) is 0 Å². The van der Waals surface area contributed by atoms with E-state index in [2.05, 4.69) is 10.3 Å². The van der Waals surface area contributed by atoms with Crippen molar-refractivity contribution in [1.82, 2.24) is 10.3 Å². The van der Waals surface area contributed by atoms with Crippen LogP contribution in [0.4, 0.5) is 13.2 Å². The van der Waals surface area contributed by atoms with Crippen LogP contribution < -0.4 is 10.9 Å². The zero-order chi connectivity index (χ0) is 22.6. The van der Waals surface area contributed by atoms with E-state index in [1.807, 2.05) is 0 Å². The molecule has 0 aliphatic carbocycles. The summed E-state index contributed by atoms with van der Waals surface area (Å²) in [4.78, 5) is 27.7. The number of carbonyl (C=O) groups is 1. The zero-order valence-electron chi connectivity index (χ0n) is 16.9. The van der Waals surface area contributed by atoms with Gasteiger partial charge in [0.2, 0.25) is 5.91 Å². The SMILES string of the molecule is CC(C)(O)C1CC(c2ccc3cc(-c4ccccc4C(F)(F)F)[nH]c(=O)c3c2)C(=O)N1. The molecular weight excluding hydrogens is 409 g/mol. The molecule has 2 atom stereocenters. The molecule has 2 heterocycles. The predicted octanol–water partition coefficient (Wildman–Crippen LogP) is 3.96. The molecule has 2 unspecified atom stereocenters. The Bertz CT molecular complexity index is 1230. The average Bonchev–Trinajstić information content (AvgIpc) is 3.09. The maximum absolute atomic E-state index is 13.4. The van der Waals surface area contributed by atoms with Gasteiger partial charge in [0.05, 0.1) is 23.1 Å². The van der Waals surface area contributed by atoms with Crippen molar-refractivity contribution in [2.75, 3.05) is 0 Å². The Morgan fingerprint density at radius 3 is 2.39 bits per heavy atom. The number of aromatic amines is 1. The third-order valence-electron chi connectivity index (χ3n) is 5.75. The van der Waals surface area contributed by atoms with Crippen LogP contribution in [0.15, 0.2) is 53.3 Å². The summed E-state index contributed by atoms with van der Waals surface area (Å²) in [7, 11) is 0. The van der Waals surface area contributed by atoms with Crippen LogP contribution in [0.5, 0.6) is 0 Å². The van der Waals surface area contributed by atoms with Gasteiger partial charge in [-0.1, -0.05) is 30.3 Å². The minimum Gasteiger partial charge on any atom is -0.388 e.